The van der Waals surface area contributed by atoms with E-state index >= 15 is 0 Å². The molecule has 1 aliphatic heterocycles. The number of amides is 1. The van der Waals surface area contributed by atoms with Crippen molar-refractivity contribution in [3.05, 3.63) is 72.8 Å². The van der Waals surface area contributed by atoms with Crippen molar-refractivity contribution in [2.75, 3.05) is 32.0 Å². The van der Waals surface area contributed by atoms with Gasteiger partial charge in [-0.3, -0.25) is 4.79 Å². The Kier molecular flexibility index (Phi) is 8.33. The molecule has 1 amide bonds. The van der Waals surface area contributed by atoms with Gasteiger partial charge in [-0.2, -0.15) is 0 Å². The van der Waals surface area contributed by atoms with E-state index in [2.05, 4.69) is 31.8 Å². The Bertz CT molecular complexity index is 1140. The molecule has 1 unspecified atom stereocenters. The van der Waals surface area contributed by atoms with Crippen molar-refractivity contribution in [2.45, 2.75) is 38.2 Å². The molecule has 36 heavy (non-hydrogen) atoms. The number of carbonyl (C=O) groups is 1. The van der Waals surface area contributed by atoms with Crippen LogP contribution in [0.15, 0.2) is 72.8 Å². The minimum atomic E-state index is -1.13. The third-order valence-electron chi connectivity index (χ3n) is 6.15. The molecule has 0 saturated carbocycles. The van der Waals surface area contributed by atoms with Crippen molar-refractivity contribution in [3.63, 3.8) is 0 Å². The molecule has 7 heteroatoms. The van der Waals surface area contributed by atoms with Crippen molar-refractivity contribution >= 4 is 19.7 Å². The smallest absolute Gasteiger partial charge is 0.268 e. The van der Waals surface area contributed by atoms with E-state index in [0.717, 1.165) is 22.9 Å². The van der Waals surface area contributed by atoms with Gasteiger partial charge in [-0.15, -0.1) is 0 Å². The second kappa shape index (κ2) is 11.6. The third kappa shape index (κ3) is 6.68. The van der Waals surface area contributed by atoms with Gasteiger partial charge in [0.15, 0.2) is 24.4 Å². The van der Waals surface area contributed by atoms with Gasteiger partial charge in [0.05, 0.1) is 7.11 Å². The summed E-state index contributed by atoms with van der Waals surface area (Å²) in [4.78, 5) is 14.9. The minimum Gasteiger partial charge on any atom is -0.493 e. The quantitative estimate of drug-likeness (QED) is 0.175. The van der Waals surface area contributed by atoms with Crippen LogP contribution in [0.2, 0.25) is 25.7 Å². The predicted molar refractivity (Wildman–Crippen MR) is 146 cm³/mol. The van der Waals surface area contributed by atoms with Crippen LogP contribution in [0.5, 0.6) is 17.2 Å². The number of anilines is 1. The van der Waals surface area contributed by atoms with Gasteiger partial charge < -0.3 is 23.8 Å². The lowest BCUT2D eigenvalue weighted by Crippen LogP contribution is -2.32. The van der Waals surface area contributed by atoms with Crippen LogP contribution in [0.3, 0.4) is 0 Å². The fourth-order valence-corrected chi connectivity index (χ4v) is 4.78. The number of carbonyl (C=O) groups excluding carboxylic acids is 1. The van der Waals surface area contributed by atoms with E-state index < -0.39 is 14.2 Å². The molecule has 0 spiro atoms. The summed E-state index contributed by atoms with van der Waals surface area (Å²) in [6.45, 7) is 8.38. The van der Waals surface area contributed by atoms with E-state index in [1.807, 2.05) is 60.7 Å². The van der Waals surface area contributed by atoms with Crippen LogP contribution in [-0.4, -0.2) is 47.1 Å². The molecule has 1 saturated heterocycles. The maximum atomic E-state index is 13.1. The van der Waals surface area contributed by atoms with Gasteiger partial charge in [0, 0.05) is 39.4 Å². The number of hydrogen-bond donors (Lipinski definition) is 0. The second-order valence-electron chi connectivity index (χ2n) is 10.1. The molecule has 1 heterocycles. The first kappa shape index (κ1) is 25.8. The monoisotopic (exact) mass is 505 g/mol. The highest BCUT2D eigenvalue weighted by molar-refractivity contribution is 6.76. The number of hydrogen-bond acceptors (Lipinski definition) is 5. The number of methoxy groups -OCH3 is 1. The Morgan fingerprint density at radius 1 is 0.917 bits per heavy atom. The molecule has 1 fully saturated rings. The maximum Gasteiger partial charge on any atom is 0.268 e. The molecule has 0 N–H and O–H groups in total. The molecular formula is C29H35NO5Si. The van der Waals surface area contributed by atoms with Crippen LogP contribution in [0.4, 0.5) is 5.69 Å². The summed E-state index contributed by atoms with van der Waals surface area (Å²) in [7, 11) is 0.458. The van der Waals surface area contributed by atoms with E-state index in [1.54, 1.807) is 12.0 Å². The summed E-state index contributed by atoms with van der Waals surface area (Å²) in [5.41, 5.74) is 3.01. The van der Waals surface area contributed by atoms with E-state index in [-0.39, 0.29) is 12.7 Å². The van der Waals surface area contributed by atoms with Crippen LogP contribution in [-0.2, 0) is 9.53 Å². The number of benzene rings is 3. The van der Waals surface area contributed by atoms with Gasteiger partial charge >= 0.3 is 0 Å². The Hall–Kier alpha value is -3.29. The van der Waals surface area contributed by atoms with Gasteiger partial charge in [0.25, 0.3) is 5.91 Å². The van der Waals surface area contributed by atoms with Crippen molar-refractivity contribution in [1.29, 1.82) is 0 Å². The maximum absolute atomic E-state index is 13.1. The Morgan fingerprint density at radius 3 is 2.33 bits per heavy atom. The van der Waals surface area contributed by atoms with Crippen molar-refractivity contribution < 1.29 is 23.7 Å². The fourth-order valence-electron chi connectivity index (χ4n) is 4.03. The van der Waals surface area contributed by atoms with Crippen molar-refractivity contribution in [1.82, 2.24) is 0 Å². The SMILES string of the molecule is COc1cc(N2CCC(Oc3ccc(-c4ccccc4)cc3)C2=O)ccc1OCOCC[Si](C)(C)C. The zero-order chi connectivity index (χ0) is 25.5. The summed E-state index contributed by atoms with van der Waals surface area (Å²) in [5, 5.41) is 0. The highest BCUT2D eigenvalue weighted by Gasteiger charge is 2.34. The highest BCUT2D eigenvalue weighted by Crippen LogP contribution is 2.34. The Morgan fingerprint density at radius 2 is 1.64 bits per heavy atom. The zero-order valence-corrected chi connectivity index (χ0v) is 22.5. The normalized spacial score (nSPS) is 15.7. The molecule has 0 aliphatic carbocycles. The summed E-state index contributed by atoms with van der Waals surface area (Å²) in [5.74, 6) is 1.78. The first-order chi connectivity index (χ1) is 17.3. The summed E-state index contributed by atoms with van der Waals surface area (Å²) >= 11 is 0. The molecule has 1 aliphatic rings. The summed E-state index contributed by atoms with van der Waals surface area (Å²) in [6, 6.07) is 24.6. The molecule has 0 radical (unpaired) electrons. The molecule has 0 aromatic heterocycles. The minimum absolute atomic E-state index is 0.0625. The average Bonchev–Trinajstić information content (AvgIpc) is 3.24. The lowest BCUT2D eigenvalue weighted by atomic mass is 10.1. The lowest BCUT2D eigenvalue weighted by Gasteiger charge is -2.20. The van der Waals surface area contributed by atoms with Crippen LogP contribution >= 0.6 is 0 Å². The first-order valence-corrected chi connectivity index (χ1v) is 16.1. The highest BCUT2D eigenvalue weighted by atomic mass is 28.3. The third-order valence-corrected chi connectivity index (χ3v) is 7.85. The van der Waals surface area contributed by atoms with Crippen LogP contribution in [0.1, 0.15) is 6.42 Å². The summed E-state index contributed by atoms with van der Waals surface area (Å²) < 4.78 is 23.0. The molecule has 0 bridgehead atoms. The van der Waals surface area contributed by atoms with E-state index in [4.69, 9.17) is 18.9 Å². The topological polar surface area (TPSA) is 57.2 Å². The lowest BCUT2D eigenvalue weighted by molar-refractivity contribution is -0.122. The van der Waals surface area contributed by atoms with E-state index in [1.165, 1.54) is 0 Å². The Balaban J connectivity index is 1.34. The van der Waals surface area contributed by atoms with Gasteiger partial charge in [0.1, 0.15) is 5.75 Å². The van der Waals surface area contributed by atoms with Gasteiger partial charge in [-0.25, -0.2) is 0 Å². The molecule has 6 nitrogen and oxygen atoms in total. The van der Waals surface area contributed by atoms with E-state index in [0.29, 0.717) is 36.8 Å². The van der Waals surface area contributed by atoms with Crippen molar-refractivity contribution in [3.8, 4) is 28.4 Å². The molecular weight excluding hydrogens is 470 g/mol. The van der Waals surface area contributed by atoms with Crippen molar-refractivity contribution in [2.24, 2.45) is 0 Å². The second-order valence-corrected chi connectivity index (χ2v) is 15.7. The van der Waals surface area contributed by atoms with E-state index in [9.17, 15) is 4.79 Å². The predicted octanol–water partition coefficient (Wildman–Crippen LogP) is 6.24. The Labute approximate surface area is 214 Å². The molecule has 1 atom stereocenters. The zero-order valence-electron chi connectivity index (χ0n) is 21.5. The van der Waals surface area contributed by atoms with Gasteiger partial charge in [-0.05, 0) is 41.4 Å². The van der Waals surface area contributed by atoms with Crippen LogP contribution in [0, 0.1) is 0 Å². The number of rotatable bonds is 11. The van der Waals surface area contributed by atoms with Gasteiger partial charge in [0.2, 0.25) is 0 Å². The molecule has 4 rings (SSSR count). The largest absolute Gasteiger partial charge is 0.493 e. The summed E-state index contributed by atoms with van der Waals surface area (Å²) in [6.07, 6.45) is 0.0966. The molecule has 3 aromatic carbocycles. The molecule has 3 aromatic rings. The fraction of sp³-hybridized carbons (Fsp3) is 0.345. The molecule has 190 valence electrons. The van der Waals surface area contributed by atoms with Crippen LogP contribution in [0.25, 0.3) is 11.1 Å². The van der Waals surface area contributed by atoms with Gasteiger partial charge in [-0.1, -0.05) is 62.1 Å². The first-order valence-electron chi connectivity index (χ1n) is 12.4. The average molecular weight is 506 g/mol. The van der Waals surface area contributed by atoms with Crippen LogP contribution < -0.4 is 19.1 Å². The standard InChI is InChI=1S/C29H35NO5Si/c1-32-28-20-24(12-15-26(28)34-21-33-18-19-36(2,3)4)30-17-16-27(29(30)31)35-25-13-10-23(11-14-25)22-8-6-5-7-9-22/h5-15,20,27H,16-19,21H2,1-4H3. The number of nitrogens with zero attached hydrogens (tertiary/aromatic N) is 1. The number of ether oxygens (including phenoxy) is 4.